The van der Waals surface area contributed by atoms with Gasteiger partial charge < -0.3 is 30.3 Å². The van der Waals surface area contributed by atoms with Crippen molar-refractivity contribution in [3.05, 3.63) is 0 Å². The summed E-state index contributed by atoms with van der Waals surface area (Å²) in [6, 6.07) is 0. The van der Waals surface area contributed by atoms with Crippen LogP contribution in [0.3, 0.4) is 0 Å². The molecule has 4 unspecified atom stereocenters. The molecule has 0 aliphatic rings. The number of aliphatic hydroxyl groups is 5. The van der Waals surface area contributed by atoms with E-state index in [4.69, 9.17) is 25.5 Å². The third kappa shape index (κ3) is 4.84. The zero-order valence-corrected chi connectivity index (χ0v) is 8.02. The fraction of sp³-hybridized carbons (Fsp3) is 0.833. The summed E-state index contributed by atoms with van der Waals surface area (Å²) in [7, 11) is 0. The quantitative estimate of drug-likeness (QED) is 0.266. The first-order chi connectivity index (χ1) is 5.54. The summed E-state index contributed by atoms with van der Waals surface area (Å²) < 4.78 is 0. The van der Waals surface area contributed by atoms with Crippen molar-refractivity contribution in [1.29, 1.82) is 0 Å². The predicted octanol–water partition coefficient (Wildman–Crippen LogP) is -3.38. The van der Waals surface area contributed by atoms with Crippen LogP contribution in [-0.2, 0) is 27.2 Å². The molecule has 0 bridgehead atoms. The van der Waals surface area contributed by atoms with Crippen LogP contribution in [0.5, 0.6) is 0 Å². The molecular formula is C6H12AgO6. The van der Waals surface area contributed by atoms with Gasteiger partial charge in [-0.2, -0.15) is 0 Å². The Hall–Kier alpha value is 0.210. The molecular weight excluding hydrogens is 276 g/mol. The molecule has 0 rings (SSSR count). The number of carbonyl (C=O) groups excluding carboxylic acids is 1. The minimum absolute atomic E-state index is 0. The van der Waals surface area contributed by atoms with Crippen LogP contribution < -0.4 is 0 Å². The maximum atomic E-state index is 9.90. The van der Waals surface area contributed by atoms with Gasteiger partial charge >= 0.3 is 0 Å². The summed E-state index contributed by atoms with van der Waals surface area (Å²) in [6.45, 7) is -0.760. The van der Waals surface area contributed by atoms with E-state index in [1.807, 2.05) is 0 Å². The van der Waals surface area contributed by atoms with E-state index in [0.717, 1.165) is 0 Å². The van der Waals surface area contributed by atoms with Crippen molar-refractivity contribution in [3.8, 4) is 0 Å². The maximum absolute atomic E-state index is 9.90. The molecule has 1 radical (unpaired) electrons. The minimum Gasteiger partial charge on any atom is -0.394 e. The van der Waals surface area contributed by atoms with Crippen molar-refractivity contribution in [1.82, 2.24) is 0 Å². The smallest absolute Gasteiger partial charge is 0.151 e. The minimum atomic E-state index is -1.79. The maximum Gasteiger partial charge on any atom is 0.151 e. The van der Waals surface area contributed by atoms with Crippen molar-refractivity contribution in [2.45, 2.75) is 24.4 Å². The summed E-state index contributed by atoms with van der Waals surface area (Å²) in [5.41, 5.74) is 0. The Kier molecular flexibility index (Phi) is 9.16. The van der Waals surface area contributed by atoms with E-state index in [2.05, 4.69) is 0 Å². The molecule has 5 N–H and O–H groups in total. The first kappa shape index (κ1) is 15.7. The first-order valence-corrected chi connectivity index (χ1v) is 3.33. The van der Waals surface area contributed by atoms with Gasteiger partial charge in [0.1, 0.15) is 24.4 Å². The van der Waals surface area contributed by atoms with E-state index in [9.17, 15) is 4.79 Å². The van der Waals surface area contributed by atoms with Crippen LogP contribution in [0.15, 0.2) is 0 Å². The number of rotatable bonds is 5. The van der Waals surface area contributed by atoms with Gasteiger partial charge in [0.25, 0.3) is 0 Å². The Morgan fingerprint density at radius 1 is 1.08 bits per heavy atom. The normalized spacial score (nSPS) is 19.5. The largest absolute Gasteiger partial charge is 0.394 e. The molecule has 0 amide bonds. The van der Waals surface area contributed by atoms with E-state index in [-0.39, 0.29) is 28.7 Å². The molecule has 0 heterocycles. The molecule has 0 aliphatic heterocycles. The summed E-state index contributed by atoms with van der Waals surface area (Å²) in [6.07, 6.45) is -6.84. The van der Waals surface area contributed by atoms with Crippen LogP contribution in [0.1, 0.15) is 0 Å². The summed E-state index contributed by atoms with van der Waals surface area (Å²) in [5.74, 6) is 0. The Morgan fingerprint density at radius 3 is 1.85 bits per heavy atom. The molecule has 13 heavy (non-hydrogen) atoms. The van der Waals surface area contributed by atoms with E-state index >= 15 is 0 Å². The Morgan fingerprint density at radius 2 is 1.54 bits per heavy atom. The second kappa shape index (κ2) is 7.60. The van der Waals surface area contributed by atoms with E-state index in [0.29, 0.717) is 0 Å². The van der Waals surface area contributed by atoms with Crippen molar-refractivity contribution >= 4 is 6.29 Å². The number of aliphatic hydroxyl groups excluding tert-OH is 5. The number of hydrogen-bond donors (Lipinski definition) is 5. The van der Waals surface area contributed by atoms with Crippen LogP contribution in [-0.4, -0.2) is 62.8 Å². The second-order valence-electron chi connectivity index (χ2n) is 2.36. The molecule has 83 valence electrons. The van der Waals surface area contributed by atoms with Gasteiger partial charge in [-0.3, -0.25) is 0 Å². The monoisotopic (exact) mass is 287 g/mol. The van der Waals surface area contributed by atoms with Gasteiger partial charge in [-0.25, -0.2) is 0 Å². The van der Waals surface area contributed by atoms with Crippen molar-refractivity contribution < 1.29 is 52.7 Å². The SMILES string of the molecule is O=CC(O)C(O)C(O)C(O)CO.[Ag]. The molecule has 0 aromatic carbocycles. The zero-order chi connectivity index (χ0) is 9.72. The average molecular weight is 288 g/mol. The van der Waals surface area contributed by atoms with Crippen LogP contribution in [0.25, 0.3) is 0 Å². The summed E-state index contributed by atoms with van der Waals surface area (Å²) in [5, 5.41) is 43.5. The van der Waals surface area contributed by atoms with Gasteiger partial charge in [0, 0.05) is 22.4 Å². The Bertz CT molecular complexity index is 143. The van der Waals surface area contributed by atoms with Crippen LogP contribution in [0, 0.1) is 0 Å². The Balaban J connectivity index is 0. The molecule has 0 fully saturated rings. The molecule has 0 saturated carbocycles. The third-order valence-corrected chi connectivity index (χ3v) is 1.42. The fourth-order valence-electron chi connectivity index (χ4n) is 0.618. The Labute approximate surface area is 90.3 Å². The molecule has 0 aromatic heterocycles. The first-order valence-electron chi connectivity index (χ1n) is 3.33. The molecule has 6 nitrogen and oxygen atoms in total. The van der Waals surface area contributed by atoms with Gasteiger partial charge in [0.2, 0.25) is 0 Å². The fourth-order valence-corrected chi connectivity index (χ4v) is 0.618. The molecule has 7 heteroatoms. The topological polar surface area (TPSA) is 118 Å². The summed E-state index contributed by atoms with van der Waals surface area (Å²) in [4.78, 5) is 9.90. The molecule has 4 atom stereocenters. The van der Waals surface area contributed by atoms with Crippen LogP contribution >= 0.6 is 0 Å². The number of carbonyl (C=O) groups is 1. The number of hydrogen-bond acceptors (Lipinski definition) is 6. The molecule has 0 aliphatic carbocycles. The predicted molar refractivity (Wildman–Crippen MR) is 37.2 cm³/mol. The standard InChI is InChI=1S/C6H12O6.Ag/c7-1-3(9)5(11)6(12)4(10)2-8;/h1,3-6,8-12H,2H2;. The van der Waals surface area contributed by atoms with Gasteiger partial charge in [-0.1, -0.05) is 0 Å². The molecule has 0 aromatic rings. The van der Waals surface area contributed by atoms with Crippen molar-refractivity contribution in [2.24, 2.45) is 0 Å². The van der Waals surface area contributed by atoms with E-state index in [1.165, 1.54) is 0 Å². The van der Waals surface area contributed by atoms with Crippen molar-refractivity contribution in [3.63, 3.8) is 0 Å². The van der Waals surface area contributed by atoms with E-state index < -0.39 is 31.0 Å². The molecule has 0 spiro atoms. The van der Waals surface area contributed by atoms with E-state index in [1.54, 1.807) is 0 Å². The zero-order valence-electron chi connectivity index (χ0n) is 6.54. The average Bonchev–Trinajstić information content (AvgIpc) is 2.12. The van der Waals surface area contributed by atoms with Crippen molar-refractivity contribution in [2.75, 3.05) is 6.61 Å². The van der Waals surface area contributed by atoms with Crippen LogP contribution in [0.2, 0.25) is 0 Å². The second-order valence-corrected chi connectivity index (χ2v) is 2.36. The van der Waals surface area contributed by atoms with Gasteiger partial charge in [-0.05, 0) is 0 Å². The molecule has 0 saturated heterocycles. The van der Waals surface area contributed by atoms with Gasteiger partial charge in [0.15, 0.2) is 6.29 Å². The van der Waals surface area contributed by atoms with Crippen LogP contribution in [0.4, 0.5) is 0 Å². The van der Waals surface area contributed by atoms with Gasteiger partial charge in [0.05, 0.1) is 6.61 Å². The number of aldehydes is 1. The third-order valence-electron chi connectivity index (χ3n) is 1.42. The summed E-state index contributed by atoms with van der Waals surface area (Å²) >= 11 is 0. The van der Waals surface area contributed by atoms with Gasteiger partial charge in [-0.15, -0.1) is 0 Å².